The highest BCUT2D eigenvalue weighted by molar-refractivity contribution is 7.91. The van der Waals surface area contributed by atoms with E-state index in [1.54, 1.807) is 40.5 Å². The minimum absolute atomic E-state index is 0.0470. The van der Waals surface area contributed by atoms with Crippen LogP contribution in [0.3, 0.4) is 0 Å². The lowest BCUT2D eigenvalue weighted by atomic mass is 10.2. The van der Waals surface area contributed by atoms with E-state index in [9.17, 15) is 13.2 Å². The molecular formula is C20H26N2O3S2. The molecule has 0 bridgehead atoms. The van der Waals surface area contributed by atoms with Crippen LogP contribution in [0.25, 0.3) is 0 Å². The Kier molecular flexibility index (Phi) is 6.68. The van der Waals surface area contributed by atoms with Gasteiger partial charge in [0, 0.05) is 44.0 Å². The molecule has 0 N–H and O–H groups in total. The number of carbonyl (C=O) groups is 1. The van der Waals surface area contributed by atoms with Gasteiger partial charge in [0.25, 0.3) is 0 Å². The Morgan fingerprint density at radius 2 is 1.78 bits per heavy atom. The molecule has 0 aliphatic carbocycles. The fourth-order valence-electron chi connectivity index (χ4n) is 3.19. The Morgan fingerprint density at radius 3 is 2.41 bits per heavy atom. The van der Waals surface area contributed by atoms with Crippen molar-refractivity contribution in [2.45, 2.75) is 24.7 Å². The van der Waals surface area contributed by atoms with Crippen molar-refractivity contribution >= 4 is 27.1 Å². The van der Waals surface area contributed by atoms with Crippen molar-refractivity contribution in [3.63, 3.8) is 0 Å². The predicted molar refractivity (Wildman–Crippen MR) is 109 cm³/mol. The van der Waals surface area contributed by atoms with Gasteiger partial charge >= 0.3 is 0 Å². The van der Waals surface area contributed by atoms with Crippen LogP contribution in [0.4, 0.5) is 0 Å². The monoisotopic (exact) mass is 406 g/mol. The van der Waals surface area contributed by atoms with E-state index >= 15 is 0 Å². The highest BCUT2D eigenvalue weighted by Crippen LogP contribution is 2.15. The Balaban J connectivity index is 1.43. The summed E-state index contributed by atoms with van der Waals surface area (Å²) in [6, 6.07) is 11.0. The maximum Gasteiger partial charge on any atom is 0.223 e. The number of piperazine rings is 1. The zero-order valence-electron chi connectivity index (χ0n) is 15.6. The Hall–Kier alpha value is -1.70. The van der Waals surface area contributed by atoms with Crippen LogP contribution in [0, 0.1) is 6.92 Å². The molecule has 1 aromatic carbocycles. The molecule has 3 rings (SSSR count). The van der Waals surface area contributed by atoms with Crippen LogP contribution in [-0.4, -0.2) is 62.6 Å². The number of hydrogen-bond donors (Lipinski definition) is 0. The molecule has 1 aromatic heterocycles. The Morgan fingerprint density at radius 1 is 1.07 bits per heavy atom. The van der Waals surface area contributed by atoms with Crippen molar-refractivity contribution in [2.75, 3.05) is 38.5 Å². The average molecular weight is 407 g/mol. The summed E-state index contributed by atoms with van der Waals surface area (Å²) >= 11 is 1.78. The zero-order valence-corrected chi connectivity index (χ0v) is 17.3. The molecule has 0 unspecified atom stereocenters. The van der Waals surface area contributed by atoms with E-state index in [4.69, 9.17) is 0 Å². The van der Waals surface area contributed by atoms with Crippen LogP contribution >= 0.6 is 11.3 Å². The lowest BCUT2D eigenvalue weighted by Crippen LogP contribution is -2.49. The van der Waals surface area contributed by atoms with Gasteiger partial charge in [0.05, 0.1) is 10.6 Å². The minimum Gasteiger partial charge on any atom is -0.340 e. The van der Waals surface area contributed by atoms with E-state index < -0.39 is 9.84 Å². The molecule has 1 aliphatic rings. The van der Waals surface area contributed by atoms with Crippen molar-refractivity contribution < 1.29 is 13.2 Å². The number of rotatable bonds is 7. The molecule has 1 amide bonds. The molecular weight excluding hydrogens is 380 g/mol. The quantitative estimate of drug-likeness (QED) is 0.709. The standard InChI is InChI=1S/C20H26N2O3S2/c1-17-4-6-19(7-5-17)27(24,25)16-9-20(23)22-13-11-21(12-14-22)10-8-18-3-2-15-26-18/h2-7,15H,8-14,16H2,1H3. The summed E-state index contributed by atoms with van der Waals surface area (Å²) in [5.41, 5.74) is 1.02. The van der Waals surface area contributed by atoms with Crippen molar-refractivity contribution in [2.24, 2.45) is 0 Å². The number of benzene rings is 1. The summed E-state index contributed by atoms with van der Waals surface area (Å²) in [6.07, 6.45) is 1.09. The van der Waals surface area contributed by atoms with E-state index in [0.29, 0.717) is 18.0 Å². The molecule has 1 saturated heterocycles. The second-order valence-corrected chi connectivity index (χ2v) is 10.1. The van der Waals surface area contributed by atoms with Crippen LogP contribution in [0.15, 0.2) is 46.7 Å². The van der Waals surface area contributed by atoms with Gasteiger partial charge < -0.3 is 4.90 Å². The summed E-state index contributed by atoms with van der Waals surface area (Å²) < 4.78 is 24.8. The van der Waals surface area contributed by atoms with E-state index in [1.165, 1.54) is 4.88 Å². The number of nitrogens with zero attached hydrogens (tertiary/aromatic N) is 2. The van der Waals surface area contributed by atoms with Crippen molar-refractivity contribution in [1.29, 1.82) is 0 Å². The van der Waals surface area contributed by atoms with Gasteiger partial charge in [0.15, 0.2) is 9.84 Å². The molecule has 1 fully saturated rings. The highest BCUT2D eigenvalue weighted by atomic mass is 32.2. The first kappa shape index (κ1) is 20.0. The molecule has 146 valence electrons. The maximum absolute atomic E-state index is 12.4. The van der Waals surface area contributed by atoms with Gasteiger partial charge in [-0.15, -0.1) is 11.3 Å². The van der Waals surface area contributed by atoms with Crippen LogP contribution < -0.4 is 0 Å². The molecule has 0 radical (unpaired) electrons. The van der Waals surface area contributed by atoms with Gasteiger partial charge in [-0.3, -0.25) is 9.69 Å². The Labute approximate surface area is 165 Å². The smallest absolute Gasteiger partial charge is 0.223 e. The van der Waals surface area contributed by atoms with E-state index in [0.717, 1.165) is 31.6 Å². The van der Waals surface area contributed by atoms with Crippen molar-refractivity contribution in [3.05, 3.63) is 52.2 Å². The summed E-state index contributed by atoms with van der Waals surface area (Å²) in [6.45, 7) is 5.97. The third-order valence-corrected chi connectivity index (χ3v) is 7.61. The second kappa shape index (κ2) is 8.99. The van der Waals surface area contributed by atoms with Gasteiger partial charge in [-0.25, -0.2) is 8.42 Å². The molecule has 2 heterocycles. The summed E-state index contributed by atoms with van der Waals surface area (Å²) in [5, 5.41) is 2.09. The molecule has 27 heavy (non-hydrogen) atoms. The lowest BCUT2D eigenvalue weighted by Gasteiger charge is -2.34. The molecule has 0 saturated carbocycles. The number of amides is 1. The van der Waals surface area contributed by atoms with E-state index in [-0.39, 0.29) is 18.1 Å². The Bertz CT molecular complexity index is 838. The zero-order chi connectivity index (χ0) is 19.3. The second-order valence-electron chi connectivity index (χ2n) is 6.93. The first-order valence-electron chi connectivity index (χ1n) is 9.26. The summed E-state index contributed by atoms with van der Waals surface area (Å²) in [4.78, 5) is 18.3. The van der Waals surface area contributed by atoms with Crippen LogP contribution in [0.2, 0.25) is 0 Å². The summed E-state index contributed by atoms with van der Waals surface area (Å²) in [7, 11) is -3.41. The fourth-order valence-corrected chi connectivity index (χ4v) is 5.12. The number of carbonyl (C=O) groups excluding carboxylic acids is 1. The van der Waals surface area contributed by atoms with Gasteiger partial charge in [-0.2, -0.15) is 0 Å². The van der Waals surface area contributed by atoms with Crippen LogP contribution in [-0.2, 0) is 21.1 Å². The van der Waals surface area contributed by atoms with E-state index in [1.807, 2.05) is 6.92 Å². The van der Waals surface area contributed by atoms with Crippen LogP contribution in [0.1, 0.15) is 16.9 Å². The van der Waals surface area contributed by atoms with Crippen molar-refractivity contribution in [1.82, 2.24) is 9.80 Å². The molecule has 7 heteroatoms. The maximum atomic E-state index is 12.4. The average Bonchev–Trinajstić information content (AvgIpc) is 3.19. The van der Waals surface area contributed by atoms with Gasteiger partial charge in [-0.1, -0.05) is 23.8 Å². The largest absolute Gasteiger partial charge is 0.340 e. The number of sulfone groups is 1. The van der Waals surface area contributed by atoms with Gasteiger partial charge in [-0.05, 0) is 36.9 Å². The van der Waals surface area contributed by atoms with Crippen molar-refractivity contribution in [3.8, 4) is 0 Å². The topological polar surface area (TPSA) is 57.7 Å². The lowest BCUT2D eigenvalue weighted by molar-refractivity contribution is -0.132. The van der Waals surface area contributed by atoms with Crippen LogP contribution in [0.5, 0.6) is 0 Å². The fraction of sp³-hybridized carbons (Fsp3) is 0.450. The number of thiophene rings is 1. The third-order valence-electron chi connectivity index (χ3n) is 4.94. The van der Waals surface area contributed by atoms with Gasteiger partial charge in [0.1, 0.15) is 0 Å². The summed E-state index contributed by atoms with van der Waals surface area (Å²) in [5.74, 6) is -0.198. The number of hydrogen-bond acceptors (Lipinski definition) is 5. The SMILES string of the molecule is Cc1ccc(S(=O)(=O)CCC(=O)N2CCN(CCc3cccs3)CC2)cc1. The molecule has 0 atom stereocenters. The number of aryl methyl sites for hydroxylation is 1. The van der Waals surface area contributed by atoms with Gasteiger partial charge in [0.2, 0.25) is 5.91 Å². The molecule has 5 nitrogen and oxygen atoms in total. The molecule has 1 aliphatic heterocycles. The first-order valence-corrected chi connectivity index (χ1v) is 11.8. The highest BCUT2D eigenvalue weighted by Gasteiger charge is 2.23. The van der Waals surface area contributed by atoms with E-state index in [2.05, 4.69) is 22.4 Å². The normalized spacial score (nSPS) is 15.8. The molecule has 2 aromatic rings. The molecule has 0 spiro atoms. The third kappa shape index (κ3) is 5.64. The minimum atomic E-state index is -3.41. The first-order chi connectivity index (χ1) is 12.9. The predicted octanol–water partition coefficient (Wildman–Crippen LogP) is 2.61.